The number of aryl methyl sites for hydroxylation is 1. The Bertz CT molecular complexity index is 1140. The minimum atomic E-state index is -0.0683. The van der Waals surface area contributed by atoms with Crippen LogP contribution in [-0.2, 0) is 6.42 Å². The maximum Gasteiger partial charge on any atom is 0.165 e. The summed E-state index contributed by atoms with van der Waals surface area (Å²) >= 11 is 0. The molecule has 2 heterocycles. The molecule has 0 saturated carbocycles. The van der Waals surface area contributed by atoms with E-state index in [1.54, 1.807) is 6.20 Å². The first-order valence-corrected chi connectivity index (χ1v) is 9.67. The van der Waals surface area contributed by atoms with Crippen molar-refractivity contribution in [3.05, 3.63) is 53.0 Å². The Labute approximate surface area is 164 Å². The van der Waals surface area contributed by atoms with Gasteiger partial charge in [-0.2, -0.15) is 0 Å². The number of ketones is 2. The van der Waals surface area contributed by atoms with Crippen molar-refractivity contribution in [2.75, 3.05) is 5.73 Å². The molecule has 1 aliphatic rings. The first-order chi connectivity index (χ1) is 13.2. The summed E-state index contributed by atoms with van der Waals surface area (Å²) in [4.78, 5) is 29.3. The van der Waals surface area contributed by atoms with E-state index in [2.05, 4.69) is 23.4 Å². The SMILES string of the molecule is CCC(=O)c1cnc(N)c2ccc(-n3cc(C)c4c3CC(C)(C)CC4=O)cc12. The fourth-order valence-electron chi connectivity index (χ4n) is 4.32. The van der Waals surface area contributed by atoms with Gasteiger partial charge in [0.25, 0.3) is 0 Å². The maximum atomic E-state index is 12.7. The number of hydrogen-bond acceptors (Lipinski definition) is 4. The Balaban J connectivity index is 1.96. The molecule has 2 N–H and O–H groups in total. The van der Waals surface area contributed by atoms with Crippen LogP contribution in [0.4, 0.5) is 5.82 Å². The highest BCUT2D eigenvalue weighted by Gasteiger charge is 2.34. The third kappa shape index (κ3) is 2.82. The number of hydrogen-bond donors (Lipinski definition) is 1. The summed E-state index contributed by atoms with van der Waals surface area (Å²) in [7, 11) is 0. The van der Waals surface area contributed by atoms with Crippen molar-refractivity contribution in [1.82, 2.24) is 9.55 Å². The molecule has 2 aromatic heterocycles. The number of rotatable bonds is 3. The van der Waals surface area contributed by atoms with E-state index >= 15 is 0 Å². The van der Waals surface area contributed by atoms with E-state index in [-0.39, 0.29) is 17.0 Å². The number of fused-ring (bicyclic) bond motifs is 2. The molecule has 5 nitrogen and oxygen atoms in total. The van der Waals surface area contributed by atoms with E-state index in [1.165, 1.54) is 0 Å². The van der Waals surface area contributed by atoms with E-state index in [9.17, 15) is 9.59 Å². The van der Waals surface area contributed by atoms with Gasteiger partial charge in [0.2, 0.25) is 0 Å². The third-order valence-electron chi connectivity index (χ3n) is 5.66. The fraction of sp³-hybridized carbons (Fsp3) is 0.348. The molecule has 5 heteroatoms. The number of carbonyl (C=O) groups is 2. The minimum Gasteiger partial charge on any atom is -0.383 e. The Kier molecular flexibility index (Phi) is 4.14. The lowest BCUT2D eigenvalue weighted by molar-refractivity contribution is 0.0909. The summed E-state index contributed by atoms with van der Waals surface area (Å²) in [6.07, 6.45) is 5.40. The van der Waals surface area contributed by atoms with Crippen molar-refractivity contribution < 1.29 is 9.59 Å². The predicted octanol–water partition coefficient (Wildman–Crippen LogP) is 4.66. The van der Waals surface area contributed by atoms with Gasteiger partial charge >= 0.3 is 0 Å². The molecule has 0 unspecified atom stereocenters. The van der Waals surface area contributed by atoms with Crippen LogP contribution >= 0.6 is 0 Å². The van der Waals surface area contributed by atoms with Gasteiger partial charge in [-0.3, -0.25) is 9.59 Å². The number of pyridine rings is 1. The number of nitrogens with zero attached hydrogens (tertiary/aromatic N) is 2. The monoisotopic (exact) mass is 375 g/mol. The number of carbonyl (C=O) groups excluding carboxylic acids is 2. The predicted molar refractivity (Wildman–Crippen MR) is 111 cm³/mol. The van der Waals surface area contributed by atoms with Crippen LogP contribution in [-0.4, -0.2) is 21.1 Å². The highest BCUT2D eigenvalue weighted by Crippen LogP contribution is 2.38. The summed E-state index contributed by atoms with van der Waals surface area (Å²) in [6.45, 7) is 8.09. The highest BCUT2D eigenvalue weighted by molar-refractivity contribution is 6.10. The number of nitrogen functional groups attached to an aromatic ring is 1. The molecule has 0 fully saturated rings. The Morgan fingerprint density at radius 2 is 2.00 bits per heavy atom. The van der Waals surface area contributed by atoms with Crippen molar-refractivity contribution >= 4 is 28.2 Å². The van der Waals surface area contributed by atoms with Crippen LogP contribution in [0.5, 0.6) is 0 Å². The lowest BCUT2D eigenvalue weighted by Crippen LogP contribution is -2.28. The summed E-state index contributed by atoms with van der Waals surface area (Å²) in [5.74, 6) is 0.659. The zero-order chi connectivity index (χ0) is 20.2. The first kappa shape index (κ1) is 18.4. The zero-order valence-electron chi connectivity index (χ0n) is 16.8. The molecule has 0 radical (unpaired) electrons. The van der Waals surface area contributed by atoms with Crippen LogP contribution < -0.4 is 5.73 Å². The van der Waals surface area contributed by atoms with Crippen LogP contribution in [0.15, 0.2) is 30.6 Å². The van der Waals surface area contributed by atoms with Gasteiger partial charge in [-0.05, 0) is 47.9 Å². The first-order valence-electron chi connectivity index (χ1n) is 9.67. The van der Waals surface area contributed by atoms with E-state index in [0.717, 1.165) is 39.7 Å². The molecule has 0 saturated heterocycles. The Morgan fingerprint density at radius 1 is 1.25 bits per heavy atom. The van der Waals surface area contributed by atoms with Crippen molar-refractivity contribution in [2.45, 2.75) is 47.0 Å². The number of nitrogens with two attached hydrogens (primary N) is 1. The molecule has 0 spiro atoms. The number of aromatic nitrogens is 2. The lowest BCUT2D eigenvalue weighted by atomic mass is 9.75. The molecule has 4 rings (SSSR count). The normalized spacial score (nSPS) is 15.6. The van der Waals surface area contributed by atoms with Gasteiger partial charge in [0, 0.05) is 53.1 Å². The third-order valence-corrected chi connectivity index (χ3v) is 5.66. The molecule has 1 aliphatic carbocycles. The summed E-state index contributed by atoms with van der Waals surface area (Å²) in [5, 5.41) is 1.58. The second-order valence-electron chi connectivity index (χ2n) is 8.51. The fourth-order valence-corrected chi connectivity index (χ4v) is 4.32. The van der Waals surface area contributed by atoms with E-state index < -0.39 is 0 Å². The molecule has 0 bridgehead atoms. The second kappa shape index (κ2) is 6.30. The van der Waals surface area contributed by atoms with Crippen LogP contribution in [0.2, 0.25) is 0 Å². The zero-order valence-corrected chi connectivity index (χ0v) is 16.8. The molecule has 28 heavy (non-hydrogen) atoms. The summed E-state index contributed by atoms with van der Waals surface area (Å²) < 4.78 is 2.10. The van der Waals surface area contributed by atoms with Gasteiger partial charge in [0.05, 0.1) is 0 Å². The molecular weight excluding hydrogens is 350 g/mol. The van der Waals surface area contributed by atoms with Gasteiger partial charge in [-0.25, -0.2) is 4.98 Å². The maximum absolute atomic E-state index is 12.7. The molecule has 0 aliphatic heterocycles. The van der Waals surface area contributed by atoms with Crippen LogP contribution in [0.3, 0.4) is 0 Å². The van der Waals surface area contributed by atoms with Gasteiger partial charge in [-0.1, -0.05) is 20.8 Å². The quantitative estimate of drug-likeness (QED) is 0.675. The van der Waals surface area contributed by atoms with E-state index in [1.807, 2.05) is 38.2 Å². The van der Waals surface area contributed by atoms with Crippen molar-refractivity contribution in [3.63, 3.8) is 0 Å². The van der Waals surface area contributed by atoms with Crippen molar-refractivity contribution in [1.29, 1.82) is 0 Å². The number of Topliss-reactive ketones (excluding diaryl/α,β-unsaturated/α-hetero) is 2. The van der Waals surface area contributed by atoms with E-state index in [4.69, 9.17) is 5.73 Å². The van der Waals surface area contributed by atoms with E-state index in [0.29, 0.717) is 24.2 Å². The standard InChI is InChI=1S/C23H25N3O2/c1-5-19(27)17-11-25-22(24)15-7-6-14(8-16(15)17)26-12-13(2)21-18(26)9-23(3,4)10-20(21)28/h6-8,11-12H,5,9-10H2,1-4H3,(H2,24,25). The van der Waals surface area contributed by atoms with Crippen molar-refractivity contribution in [2.24, 2.45) is 5.41 Å². The number of anilines is 1. The average molecular weight is 375 g/mol. The number of benzene rings is 1. The second-order valence-corrected chi connectivity index (χ2v) is 8.51. The molecule has 0 atom stereocenters. The smallest absolute Gasteiger partial charge is 0.165 e. The lowest BCUT2D eigenvalue weighted by Gasteiger charge is -2.30. The minimum absolute atomic E-state index is 0.0386. The van der Waals surface area contributed by atoms with Crippen LogP contribution in [0.1, 0.15) is 65.6 Å². The van der Waals surface area contributed by atoms with Gasteiger partial charge in [0.1, 0.15) is 5.82 Å². The Morgan fingerprint density at radius 3 is 2.71 bits per heavy atom. The summed E-state index contributed by atoms with van der Waals surface area (Å²) in [6, 6.07) is 5.88. The molecule has 1 aromatic carbocycles. The van der Waals surface area contributed by atoms with Gasteiger partial charge in [0.15, 0.2) is 11.6 Å². The highest BCUT2D eigenvalue weighted by atomic mass is 16.1. The van der Waals surface area contributed by atoms with Crippen LogP contribution in [0, 0.1) is 12.3 Å². The van der Waals surface area contributed by atoms with Crippen molar-refractivity contribution in [3.8, 4) is 5.69 Å². The molecule has 3 aromatic rings. The molecule has 144 valence electrons. The topological polar surface area (TPSA) is 78.0 Å². The molecular formula is C23H25N3O2. The largest absolute Gasteiger partial charge is 0.383 e. The van der Waals surface area contributed by atoms with Crippen LogP contribution in [0.25, 0.3) is 16.5 Å². The molecule has 0 amide bonds. The average Bonchev–Trinajstić information content (AvgIpc) is 2.96. The Hall–Kier alpha value is -2.95. The van der Waals surface area contributed by atoms with Gasteiger partial charge < -0.3 is 10.3 Å². The summed E-state index contributed by atoms with van der Waals surface area (Å²) in [5.41, 5.74) is 10.4. The van der Waals surface area contributed by atoms with Gasteiger partial charge in [-0.15, -0.1) is 0 Å².